The van der Waals surface area contributed by atoms with Crippen LogP contribution in [-0.4, -0.2) is 31.3 Å². The molecule has 0 saturated carbocycles. The molecule has 3 aromatic rings. The van der Waals surface area contributed by atoms with E-state index in [0.29, 0.717) is 24.0 Å². The second-order valence-electron chi connectivity index (χ2n) is 8.07. The predicted octanol–water partition coefficient (Wildman–Crippen LogP) is 5.71. The van der Waals surface area contributed by atoms with Gasteiger partial charge in [0.25, 0.3) is 0 Å². The Kier molecular flexibility index (Phi) is 6.83. The van der Waals surface area contributed by atoms with Crippen molar-refractivity contribution in [1.29, 1.82) is 0 Å². The van der Waals surface area contributed by atoms with E-state index in [1.165, 1.54) is 18.2 Å². The monoisotopic (exact) mass is 441 g/mol. The number of aromatic nitrogens is 1. The summed E-state index contributed by atoms with van der Waals surface area (Å²) in [6.45, 7) is 4.38. The van der Waals surface area contributed by atoms with Gasteiger partial charge in [0.15, 0.2) is 0 Å². The van der Waals surface area contributed by atoms with E-state index in [-0.39, 0.29) is 12.4 Å². The van der Waals surface area contributed by atoms with Crippen LogP contribution in [0, 0.1) is 6.92 Å². The number of ether oxygens (including phenoxy) is 3. The number of methoxy groups -OCH3 is 1. The molecule has 0 bridgehead atoms. The minimum atomic E-state index is -0.253. The van der Waals surface area contributed by atoms with Gasteiger partial charge in [0, 0.05) is 29.8 Å². The molecule has 0 amide bonds. The number of benzene rings is 2. The molecule has 2 heterocycles. The highest BCUT2D eigenvalue weighted by atomic mass is 35.5. The number of fused-ring (bicyclic) bond motifs is 1. The summed E-state index contributed by atoms with van der Waals surface area (Å²) < 4.78 is 16.3. The molecule has 6 heteroatoms. The molecular weight excluding hydrogens is 414 g/mol. The van der Waals surface area contributed by atoms with Crippen LogP contribution in [0.3, 0.4) is 0 Å². The van der Waals surface area contributed by atoms with Gasteiger partial charge in [0.1, 0.15) is 12.4 Å². The highest BCUT2D eigenvalue weighted by Crippen LogP contribution is 2.32. The molecule has 1 aliphatic heterocycles. The van der Waals surface area contributed by atoms with Crippen molar-refractivity contribution in [2.75, 3.05) is 20.3 Å². The lowest BCUT2D eigenvalue weighted by atomic mass is 9.88. The molecule has 0 radical (unpaired) electrons. The standard InChI is InChI=1S/C25H28ClNO4/c1-16-13-17(3-5-20(16)18-9-11-30-12-10-18)15-31-19-4-6-22-21(14-19)25(26)23(27-22)7-8-24(28)29-2/h3-6,13-14,18,27H,7-12,15H2,1-2H3. The molecule has 1 N–H and O–H groups in total. The van der Waals surface area contributed by atoms with Crippen molar-refractivity contribution < 1.29 is 19.0 Å². The minimum absolute atomic E-state index is 0.253. The van der Waals surface area contributed by atoms with Gasteiger partial charge in [-0.05, 0) is 67.0 Å². The van der Waals surface area contributed by atoms with Crippen LogP contribution in [0.4, 0.5) is 0 Å². The van der Waals surface area contributed by atoms with Gasteiger partial charge in [-0.25, -0.2) is 0 Å². The Hall–Kier alpha value is -2.50. The summed E-state index contributed by atoms with van der Waals surface area (Å²) in [6, 6.07) is 12.4. The molecule has 1 aliphatic rings. The number of carbonyl (C=O) groups excluding carboxylic acids is 1. The normalized spacial score (nSPS) is 14.7. The fourth-order valence-electron chi connectivity index (χ4n) is 4.25. The van der Waals surface area contributed by atoms with Crippen molar-refractivity contribution in [3.05, 3.63) is 63.8 Å². The van der Waals surface area contributed by atoms with Crippen molar-refractivity contribution in [1.82, 2.24) is 4.98 Å². The molecule has 5 nitrogen and oxygen atoms in total. The summed E-state index contributed by atoms with van der Waals surface area (Å²) in [5.41, 5.74) is 5.64. The first-order valence-electron chi connectivity index (χ1n) is 10.7. The van der Waals surface area contributed by atoms with Gasteiger partial charge in [-0.3, -0.25) is 4.79 Å². The number of H-pyrrole nitrogens is 1. The Morgan fingerprint density at radius 1 is 1.19 bits per heavy atom. The average Bonchev–Trinajstić information content (AvgIpc) is 3.11. The first kappa shape index (κ1) is 21.7. The number of aryl methyl sites for hydroxylation is 2. The fraction of sp³-hybridized carbons (Fsp3) is 0.400. The van der Waals surface area contributed by atoms with E-state index in [0.717, 1.165) is 54.0 Å². The smallest absolute Gasteiger partial charge is 0.305 e. The Morgan fingerprint density at radius 2 is 2.00 bits per heavy atom. The molecule has 0 unspecified atom stereocenters. The molecule has 164 valence electrons. The summed E-state index contributed by atoms with van der Waals surface area (Å²) in [7, 11) is 1.39. The topological polar surface area (TPSA) is 60.6 Å². The molecule has 31 heavy (non-hydrogen) atoms. The van der Waals surface area contributed by atoms with E-state index in [1.807, 2.05) is 18.2 Å². The second-order valence-corrected chi connectivity index (χ2v) is 8.45. The van der Waals surface area contributed by atoms with Crippen LogP contribution in [0.25, 0.3) is 10.9 Å². The fourth-order valence-corrected chi connectivity index (χ4v) is 4.54. The molecule has 4 rings (SSSR count). The van der Waals surface area contributed by atoms with Crippen molar-refractivity contribution in [3.63, 3.8) is 0 Å². The van der Waals surface area contributed by atoms with Crippen LogP contribution in [0.1, 0.15) is 47.6 Å². The Morgan fingerprint density at radius 3 is 2.74 bits per heavy atom. The number of halogens is 1. The SMILES string of the molecule is COC(=O)CCc1[nH]c2ccc(OCc3ccc(C4CCOCC4)c(C)c3)cc2c1Cl. The van der Waals surface area contributed by atoms with Crippen LogP contribution in [0.5, 0.6) is 5.75 Å². The first-order valence-corrected chi connectivity index (χ1v) is 11.1. The maximum absolute atomic E-state index is 11.4. The molecule has 0 spiro atoms. The van der Waals surface area contributed by atoms with Crippen LogP contribution >= 0.6 is 11.6 Å². The summed E-state index contributed by atoms with van der Waals surface area (Å²) in [5.74, 6) is 1.10. The van der Waals surface area contributed by atoms with Crippen LogP contribution < -0.4 is 4.74 Å². The zero-order chi connectivity index (χ0) is 21.8. The Bertz CT molecular complexity index is 1070. The molecule has 0 atom stereocenters. The molecule has 1 fully saturated rings. The van der Waals surface area contributed by atoms with Gasteiger partial charge in [-0.2, -0.15) is 0 Å². The van der Waals surface area contributed by atoms with Crippen molar-refractivity contribution in [3.8, 4) is 5.75 Å². The maximum Gasteiger partial charge on any atom is 0.305 e. The van der Waals surface area contributed by atoms with Crippen LogP contribution in [-0.2, 0) is 27.3 Å². The summed E-state index contributed by atoms with van der Waals surface area (Å²) in [5, 5.41) is 1.52. The number of esters is 1. The molecule has 2 aromatic carbocycles. The maximum atomic E-state index is 11.4. The van der Waals surface area contributed by atoms with E-state index in [4.69, 9.17) is 25.8 Å². The highest BCUT2D eigenvalue weighted by Gasteiger charge is 2.18. The van der Waals surface area contributed by atoms with E-state index in [9.17, 15) is 4.79 Å². The molecule has 1 saturated heterocycles. The minimum Gasteiger partial charge on any atom is -0.489 e. The molecule has 1 aromatic heterocycles. The average molecular weight is 442 g/mol. The number of aromatic amines is 1. The van der Waals surface area contributed by atoms with Gasteiger partial charge in [-0.15, -0.1) is 0 Å². The largest absolute Gasteiger partial charge is 0.489 e. The zero-order valence-electron chi connectivity index (χ0n) is 18.0. The Labute approximate surface area is 187 Å². The first-order chi connectivity index (χ1) is 15.0. The van der Waals surface area contributed by atoms with E-state index >= 15 is 0 Å². The summed E-state index contributed by atoms with van der Waals surface area (Å²) in [6.07, 6.45) is 2.98. The predicted molar refractivity (Wildman–Crippen MR) is 122 cm³/mol. The van der Waals surface area contributed by atoms with Gasteiger partial charge < -0.3 is 19.2 Å². The number of hydrogen-bond acceptors (Lipinski definition) is 4. The Balaban J connectivity index is 1.43. The number of rotatable bonds is 7. The van der Waals surface area contributed by atoms with E-state index < -0.39 is 0 Å². The number of carbonyl (C=O) groups is 1. The lowest BCUT2D eigenvalue weighted by molar-refractivity contribution is -0.140. The van der Waals surface area contributed by atoms with Gasteiger partial charge in [0.05, 0.1) is 18.6 Å². The van der Waals surface area contributed by atoms with E-state index in [1.54, 1.807) is 0 Å². The molecular formula is C25H28ClNO4. The third kappa shape index (κ3) is 5.05. The number of hydrogen-bond donors (Lipinski definition) is 1. The van der Waals surface area contributed by atoms with Crippen LogP contribution in [0.2, 0.25) is 5.02 Å². The quantitative estimate of drug-likeness (QED) is 0.477. The number of nitrogens with one attached hydrogen (secondary N) is 1. The van der Waals surface area contributed by atoms with E-state index in [2.05, 4.69) is 30.1 Å². The van der Waals surface area contributed by atoms with Crippen molar-refractivity contribution in [2.24, 2.45) is 0 Å². The summed E-state index contributed by atoms with van der Waals surface area (Å²) >= 11 is 6.54. The van der Waals surface area contributed by atoms with Gasteiger partial charge >= 0.3 is 5.97 Å². The molecule has 0 aliphatic carbocycles. The van der Waals surface area contributed by atoms with Crippen molar-refractivity contribution >= 4 is 28.5 Å². The lowest BCUT2D eigenvalue weighted by Gasteiger charge is -2.24. The highest BCUT2D eigenvalue weighted by molar-refractivity contribution is 6.36. The zero-order valence-corrected chi connectivity index (χ0v) is 18.8. The second kappa shape index (κ2) is 9.75. The lowest BCUT2D eigenvalue weighted by Crippen LogP contribution is -2.15. The van der Waals surface area contributed by atoms with Crippen molar-refractivity contribution in [2.45, 2.75) is 45.1 Å². The third-order valence-corrected chi connectivity index (χ3v) is 6.42. The van der Waals surface area contributed by atoms with Gasteiger partial charge in [-0.1, -0.05) is 29.8 Å². The third-order valence-electron chi connectivity index (χ3n) is 5.99. The van der Waals surface area contributed by atoms with Gasteiger partial charge in [0.2, 0.25) is 0 Å². The summed E-state index contributed by atoms with van der Waals surface area (Å²) in [4.78, 5) is 14.7. The van der Waals surface area contributed by atoms with Crippen LogP contribution in [0.15, 0.2) is 36.4 Å².